The Kier molecular flexibility index (Phi) is 6.24. The molecular weight excluding hydrogens is 454 g/mol. The van der Waals surface area contributed by atoms with Crippen molar-refractivity contribution in [3.63, 3.8) is 0 Å². The fourth-order valence-corrected chi connectivity index (χ4v) is 4.15. The van der Waals surface area contributed by atoms with Gasteiger partial charge in [0.2, 0.25) is 11.8 Å². The van der Waals surface area contributed by atoms with Crippen LogP contribution in [0.5, 0.6) is 0 Å². The highest BCUT2D eigenvalue weighted by molar-refractivity contribution is 6.30. The van der Waals surface area contributed by atoms with Crippen LogP contribution in [-0.4, -0.2) is 66.0 Å². The minimum absolute atomic E-state index is 0.204. The number of alkyl halides is 2. The van der Waals surface area contributed by atoms with Crippen LogP contribution in [0.2, 0.25) is 5.02 Å². The van der Waals surface area contributed by atoms with E-state index < -0.39 is 30.3 Å². The molecule has 2 unspecified atom stereocenters. The molecule has 1 aliphatic heterocycles. The summed E-state index contributed by atoms with van der Waals surface area (Å²) in [4.78, 5) is 24.4. The van der Waals surface area contributed by atoms with Crippen molar-refractivity contribution in [2.75, 3.05) is 18.4 Å². The summed E-state index contributed by atoms with van der Waals surface area (Å²) in [5.41, 5.74) is 1.50. The zero-order chi connectivity index (χ0) is 23.8. The molecule has 33 heavy (non-hydrogen) atoms. The van der Waals surface area contributed by atoms with Gasteiger partial charge in [0.1, 0.15) is 0 Å². The van der Waals surface area contributed by atoms with Gasteiger partial charge in [-0.3, -0.25) is 4.79 Å². The van der Waals surface area contributed by atoms with Gasteiger partial charge in [0.05, 0.1) is 42.6 Å². The number of anilines is 1. The third kappa shape index (κ3) is 5.08. The average molecular weight is 477 g/mol. The summed E-state index contributed by atoms with van der Waals surface area (Å²) in [5, 5.41) is 15.4. The summed E-state index contributed by atoms with van der Waals surface area (Å²) in [6.07, 6.45) is 2.55. The fourth-order valence-electron chi connectivity index (χ4n) is 4.06. The Bertz CT molecular complexity index is 1150. The van der Waals surface area contributed by atoms with E-state index in [-0.39, 0.29) is 24.4 Å². The molecule has 1 amide bonds. The lowest BCUT2D eigenvalue weighted by molar-refractivity contribution is -0.0897. The molecule has 0 aliphatic carbocycles. The number of nitrogens with zero attached hydrogens (tertiary/aromatic N) is 7. The zero-order valence-corrected chi connectivity index (χ0v) is 19.1. The molecular formula is C21H23ClF2N8O. The average Bonchev–Trinajstić information content (AvgIpc) is 3.19. The van der Waals surface area contributed by atoms with Crippen LogP contribution >= 0.6 is 11.6 Å². The first-order valence-corrected chi connectivity index (χ1v) is 10.8. The molecule has 1 fully saturated rings. The van der Waals surface area contributed by atoms with Crippen molar-refractivity contribution in [2.45, 2.75) is 32.2 Å². The molecule has 2 atom stereocenters. The Balaban J connectivity index is 1.67. The number of piperidine rings is 1. The second-order valence-electron chi connectivity index (χ2n) is 8.30. The van der Waals surface area contributed by atoms with Gasteiger partial charge in [0.25, 0.3) is 11.8 Å². The van der Waals surface area contributed by atoms with E-state index in [1.54, 1.807) is 26.1 Å². The molecule has 0 saturated carbocycles. The number of hydrogen-bond donors (Lipinski definition) is 1. The lowest BCUT2D eigenvalue weighted by Crippen LogP contribution is -2.57. The molecule has 0 radical (unpaired) electrons. The highest BCUT2D eigenvalue weighted by atomic mass is 35.5. The predicted molar refractivity (Wildman–Crippen MR) is 118 cm³/mol. The van der Waals surface area contributed by atoms with E-state index in [9.17, 15) is 13.6 Å². The Morgan fingerprint density at radius 3 is 2.70 bits per heavy atom. The first-order chi connectivity index (χ1) is 15.6. The molecule has 174 valence electrons. The molecule has 1 aliphatic rings. The predicted octanol–water partition coefficient (Wildman–Crippen LogP) is 3.23. The molecule has 1 N–H and O–H groups in total. The van der Waals surface area contributed by atoms with Crippen molar-refractivity contribution in [2.24, 2.45) is 13.0 Å². The second kappa shape index (κ2) is 8.97. The quantitative estimate of drug-likeness (QED) is 0.603. The first-order valence-electron chi connectivity index (χ1n) is 10.4. The van der Waals surface area contributed by atoms with Gasteiger partial charge in [0.15, 0.2) is 0 Å². The van der Waals surface area contributed by atoms with E-state index >= 15 is 0 Å². The highest BCUT2D eigenvalue weighted by Crippen LogP contribution is 2.36. The maximum Gasteiger partial charge on any atom is 0.265 e. The maximum atomic E-state index is 14.6. The van der Waals surface area contributed by atoms with Gasteiger partial charge in [0, 0.05) is 18.5 Å². The summed E-state index contributed by atoms with van der Waals surface area (Å²) in [7, 11) is 1.61. The number of aryl methyl sites for hydroxylation is 2. The van der Waals surface area contributed by atoms with Crippen LogP contribution in [0.3, 0.4) is 0 Å². The minimum atomic E-state index is -3.00. The van der Waals surface area contributed by atoms with Gasteiger partial charge >= 0.3 is 0 Å². The number of hydrogen-bond acceptors (Lipinski definition) is 7. The Morgan fingerprint density at radius 1 is 1.30 bits per heavy atom. The third-order valence-electron chi connectivity index (χ3n) is 5.58. The van der Waals surface area contributed by atoms with E-state index in [1.807, 2.05) is 13.0 Å². The van der Waals surface area contributed by atoms with Crippen LogP contribution in [0.15, 0.2) is 30.6 Å². The number of amides is 1. The Labute approximate surface area is 194 Å². The lowest BCUT2D eigenvalue weighted by Gasteiger charge is -2.43. The lowest BCUT2D eigenvalue weighted by atomic mass is 9.87. The number of likely N-dealkylation sites (tertiary alicyclic amines) is 1. The summed E-state index contributed by atoms with van der Waals surface area (Å²) in [6.45, 7) is 3.05. The summed E-state index contributed by atoms with van der Waals surface area (Å²) < 4.78 is 29.2. The SMILES string of the molecule is Cc1ccc(-c2nnn(C)n2)c(C(=O)N2CC(F)(F)CC(C)C2CNc2ncc(Cl)cn2)c1. The standard InChI is InChI=1S/C21H23ClF2N8O/c1-12-4-5-15(18-28-30-31(3)29-18)16(6-12)19(33)32-11-21(23,24)7-13(2)17(32)10-27-20-25-8-14(22)9-26-20/h4-6,8-9,13,17H,7,10-11H2,1-3H3,(H,25,26,27). The first kappa shape index (κ1) is 23.0. The number of benzene rings is 1. The number of carbonyl (C=O) groups is 1. The van der Waals surface area contributed by atoms with E-state index in [0.717, 1.165) is 5.56 Å². The van der Waals surface area contributed by atoms with Gasteiger partial charge in [-0.05, 0) is 30.2 Å². The molecule has 2 aromatic heterocycles. The van der Waals surface area contributed by atoms with Crippen molar-refractivity contribution in [3.8, 4) is 11.4 Å². The molecule has 12 heteroatoms. The zero-order valence-electron chi connectivity index (χ0n) is 18.3. The van der Waals surface area contributed by atoms with Crippen molar-refractivity contribution in [1.82, 2.24) is 35.1 Å². The summed E-state index contributed by atoms with van der Waals surface area (Å²) >= 11 is 5.82. The normalized spacial score (nSPS) is 20.0. The van der Waals surface area contributed by atoms with Crippen molar-refractivity contribution in [3.05, 3.63) is 46.7 Å². The van der Waals surface area contributed by atoms with E-state index in [2.05, 4.69) is 30.7 Å². The fraction of sp³-hybridized carbons (Fsp3) is 0.429. The smallest absolute Gasteiger partial charge is 0.265 e. The van der Waals surface area contributed by atoms with Crippen LogP contribution in [0.4, 0.5) is 14.7 Å². The number of halogens is 3. The van der Waals surface area contributed by atoms with Gasteiger partial charge < -0.3 is 10.2 Å². The number of aromatic nitrogens is 6. The molecule has 0 bridgehead atoms. The molecule has 3 aromatic rings. The largest absolute Gasteiger partial charge is 0.352 e. The maximum absolute atomic E-state index is 14.6. The monoisotopic (exact) mass is 476 g/mol. The molecule has 1 saturated heterocycles. The van der Waals surface area contributed by atoms with E-state index in [4.69, 9.17) is 11.6 Å². The third-order valence-corrected chi connectivity index (χ3v) is 5.78. The van der Waals surface area contributed by atoms with Crippen LogP contribution in [0.25, 0.3) is 11.4 Å². The molecule has 0 spiro atoms. The number of nitrogens with one attached hydrogen (secondary N) is 1. The van der Waals surface area contributed by atoms with E-state index in [1.165, 1.54) is 22.1 Å². The highest BCUT2D eigenvalue weighted by Gasteiger charge is 2.46. The summed E-state index contributed by atoms with van der Waals surface area (Å²) in [5.74, 6) is -3.44. The minimum Gasteiger partial charge on any atom is -0.352 e. The van der Waals surface area contributed by atoms with Gasteiger partial charge in [-0.2, -0.15) is 4.80 Å². The van der Waals surface area contributed by atoms with Gasteiger partial charge in [-0.15, -0.1) is 10.2 Å². The molecule has 3 heterocycles. The second-order valence-corrected chi connectivity index (χ2v) is 8.73. The topological polar surface area (TPSA) is 102 Å². The van der Waals surface area contributed by atoms with Gasteiger partial charge in [-0.1, -0.05) is 30.2 Å². The van der Waals surface area contributed by atoms with E-state index in [0.29, 0.717) is 16.5 Å². The van der Waals surface area contributed by atoms with Crippen molar-refractivity contribution < 1.29 is 13.6 Å². The van der Waals surface area contributed by atoms with Crippen molar-refractivity contribution >= 4 is 23.5 Å². The number of rotatable bonds is 5. The summed E-state index contributed by atoms with van der Waals surface area (Å²) in [6, 6.07) is 4.67. The van der Waals surface area contributed by atoms with Crippen LogP contribution in [-0.2, 0) is 7.05 Å². The molecule has 1 aromatic carbocycles. The number of carbonyl (C=O) groups excluding carboxylic acids is 1. The molecule has 9 nitrogen and oxygen atoms in total. The van der Waals surface area contributed by atoms with Crippen LogP contribution < -0.4 is 5.32 Å². The Hall–Kier alpha value is -3.21. The Morgan fingerprint density at radius 2 is 2.03 bits per heavy atom. The van der Waals surface area contributed by atoms with Crippen molar-refractivity contribution in [1.29, 1.82) is 0 Å². The number of tetrazole rings is 1. The van der Waals surface area contributed by atoms with Crippen LogP contribution in [0.1, 0.15) is 29.3 Å². The van der Waals surface area contributed by atoms with Gasteiger partial charge in [-0.25, -0.2) is 18.7 Å². The molecule has 4 rings (SSSR count). The van der Waals surface area contributed by atoms with Crippen LogP contribution in [0, 0.1) is 12.8 Å².